The van der Waals surface area contributed by atoms with Gasteiger partial charge in [-0.25, -0.2) is 0 Å². The number of aliphatic hydroxyl groups is 1. The van der Waals surface area contributed by atoms with Gasteiger partial charge in [0.25, 0.3) is 0 Å². The molecule has 0 aromatic carbocycles. The first-order chi connectivity index (χ1) is 4.63. The van der Waals surface area contributed by atoms with Crippen molar-refractivity contribution < 1.29 is 14.6 Å². The number of carbonyl (C=O) groups excluding carboxylic acids is 1. The number of rotatable bonds is 3. The summed E-state index contributed by atoms with van der Waals surface area (Å²) in [6, 6.07) is 0. The molecule has 0 aromatic heterocycles. The highest BCUT2D eigenvalue weighted by molar-refractivity contribution is 5.72. The Morgan fingerprint density at radius 1 is 1.70 bits per heavy atom. The summed E-state index contributed by atoms with van der Waals surface area (Å²) >= 11 is 0. The minimum absolute atomic E-state index is 0.336. The van der Waals surface area contributed by atoms with E-state index in [1.54, 1.807) is 6.92 Å². The van der Waals surface area contributed by atoms with E-state index in [2.05, 4.69) is 4.74 Å². The number of hydrogen-bond donors (Lipinski definition) is 1. The Kier molecular flexibility index (Phi) is 4.03. The van der Waals surface area contributed by atoms with Crippen molar-refractivity contribution in [3.05, 3.63) is 0 Å². The Morgan fingerprint density at radius 2 is 2.20 bits per heavy atom. The van der Waals surface area contributed by atoms with Crippen LogP contribution in [-0.2, 0) is 9.53 Å². The molecule has 3 nitrogen and oxygen atoms in total. The molecule has 0 saturated heterocycles. The van der Waals surface area contributed by atoms with E-state index >= 15 is 0 Å². The summed E-state index contributed by atoms with van der Waals surface area (Å²) in [4.78, 5) is 10.8. The number of aliphatic hydroxyl groups excluding tert-OH is 1. The van der Waals surface area contributed by atoms with Crippen molar-refractivity contribution >= 4 is 5.97 Å². The maximum atomic E-state index is 10.8. The number of ether oxygens (including phenoxy) is 1. The van der Waals surface area contributed by atoms with Crippen LogP contribution in [0.15, 0.2) is 0 Å². The van der Waals surface area contributed by atoms with Gasteiger partial charge in [0.2, 0.25) is 0 Å². The van der Waals surface area contributed by atoms with Gasteiger partial charge in [-0.15, -0.1) is 0 Å². The Labute approximate surface area is 61.0 Å². The van der Waals surface area contributed by atoms with Crippen molar-refractivity contribution in [2.24, 2.45) is 5.92 Å². The molecule has 1 N–H and O–H groups in total. The summed E-state index contributed by atoms with van der Waals surface area (Å²) < 4.78 is 4.47. The summed E-state index contributed by atoms with van der Waals surface area (Å²) in [5, 5.41) is 9.01. The molecule has 0 bridgehead atoms. The molecule has 0 saturated carbocycles. The topological polar surface area (TPSA) is 46.5 Å². The van der Waals surface area contributed by atoms with Gasteiger partial charge in [-0.05, 0) is 13.3 Å². The molecule has 0 radical (unpaired) electrons. The number of methoxy groups -OCH3 is 1. The van der Waals surface area contributed by atoms with Crippen molar-refractivity contribution in [2.45, 2.75) is 26.4 Å². The molecule has 0 aromatic rings. The Balaban J connectivity index is 3.93. The van der Waals surface area contributed by atoms with Crippen LogP contribution in [0.4, 0.5) is 0 Å². The van der Waals surface area contributed by atoms with Crippen molar-refractivity contribution in [2.75, 3.05) is 7.11 Å². The fourth-order valence-electron chi connectivity index (χ4n) is 0.856. The molecule has 3 heteroatoms. The van der Waals surface area contributed by atoms with Gasteiger partial charge in [-0.2, -0.15) is 0 Å². The van der Waals surface area contributed by atoms with Crippen LogP contribution in [0.1, 0.15) is 20.3 Å². The van der Waals surface area contributed by atoms with Gasteiger partial charge in [0.1, 0.15) is 0 Å². The second kappa shape index (κ2) is 4.28. The minimum Gasteiger partial charge on any atom is -0.469 e. The third kappa shape index (κ3) is 2.35. The number of carbonyl (C=O) groups is 1. The van der Waals surface area contributed by atoms with Gasteiger partial charge in [-0.3, -0.25) is 4.79 Å². The highest BCUT2D eigenvalue weighted by Gasteiger charge is 2.21. The lowest BCUT2D eigenvalue weighted by Gasteiger charge is -2.14. The summed E-state index contributed by atoms with van der Waals surface area (Å²) in [6.45, 7) is 3.43. The van der Waals surface area contributed by atoms with Gasteiger partial charge in [-0.1, -0.05) is 6.92 Å². The van der Waals surface area contributed by atoms with E-state index in [9.17, 15) is 4.79 Å². The van der Waals surface area contributed by atoms with Gasteiger partial charge in [0.05, 0.1) is 19.1 Å². The third-order valence-corrected chi connectivity index (χ3v) is 1.53. The highest BCUT2D eigenvalue weighted by Crippen LogP contribution is 2.09. The number of esters is 1. The van der Waals surface area contributed by atoms with Crippen molar-refractivity contribution in [3.8, 4) is 0 Å². The fraction of sp³-hybridized carbons (Fsp3) is 0.857. The van der Waals surface area contributed by atoms with E-state index in [0.29, 0.717) is 6.42 Å². The van der Waals surface area contributed by atoms with Crippen molar-refractivity contribution in [1.29, 1.82) is 0 Å². The van der Waals surface area contributed by atoms with E-state index in [1.807, 2.05) is 6.92 Å². The largest absolute Gasteiger partial charge is 0.469 e. The Hall–Kier alpha value is -0.570. The van der Waals surface area contributed by atoms with Crippen LogP contribution in [0.25, 0.3) is 0 Å². The average Bonchev–Trinajstić information content (AvgIpc) is 1.88. The third-order valence-electron chi connectivity index (χ3n) is 1.53. The van der Waals surface area contributed by atoms with Crippen LogP contribution in [-0.4, -0.2) is 24.3 Å². The average molecular weight is 146 g/mol. The zero-order valence-electron chi connectivity index (χ0n) is 6.63. The van der Waals surface area contributed by atoms with Crippen molar-refractivity contribution in [3.63, 3.8) is 0 Å². The summed E-state index contributed by atoms with van der Waals surface area (Å²) in [7, 11) is 1.33. The Bertz CT molecular complexity index is 109. The van der Waals surface area contributed by atoms with Crippen LogP contribution in [0, 0.1) is 5.92 Å². The molecular weight excluding hydrogens is 132 g/mol. The summed E-state index contributed by atoms with van der Waals surface area (Å²) in [5.74, 6) is -0.706. The first-order valence-electron chi connectivity index (χ1n) is 3.39. The smallest absolute Gasteiger partial charge is 0.311 e. The van der Waals surface area contributed by atoms with Crippen LogP contribution in [0.2, 0.25) is 0 Å². The summed E-state index contributed by atoms with van der Waals surface area (Å²) in [6.07, 6.45) is 0.00194. The molecule has 0 unspecified atom stereocenters. The standard InChI is InChI=1S/C7H14O3/c1-4-6(5(2)8)7(9)10-3/h5-6,8H,4H2,1-3H3/t5-,6+/m0/s1. The molecule has 0 fully saturated rings. The van der Waals surface area contributed by atoms with E-state index in [4.69, 9.17) is 5.11 Å². The molecule has 0 heterocycles. The molecule has 0 spiro atoms. The lowest BCUT2D eigenvalue weighted by molar-refractivity contribution is -0.149. The molecule has 2 atom stereocenters. The van der Waals surface area contributed by atoms with Gasteiger partial charge in [0.15, 0.2) is 0 Å². The molecule has 0 amide bonds. The summed E-state index contributed by atoms with van der Waals surface area (Å²) in [5.41, 5.74) is 0. The van der Waals surface area contributed by atoms with Crippen LogP contribution in [0.5, 0.6) is 0 Å². The lowest BCUT2D eigenvalue weighted by Crippen LogP contribution is -2.26. The monoisotopic (exact) mass is 146 g/mol. The van der Waals surface area contributed by atoms with Gasteiger partial charge < -0.3 is 9.84 Å². The fourth-order valence-corrected chi connectivity index (χ4v) is 0.856. The van der Waals surface area contributed by atoms with Crippen LogP contribution < -0.4 is 0 Å². The molecule has 0 aliphatic carbocycles. The van der Waals surface area contributed by atoms with Gasteiger partial charge >= 0.3 is 5.97 Å². The maximum Gasteiger partial charge on any atom is 0.311 e. The van der Waals surface area contributed by atoms with Crippen LogP contribution in [0.3, 0.4) is 0 Å². The van der Waals surface area contributed by atoms with E-state index in [0.717, 1.165) is 0 Å². The van der Waals surface area contributed by atoms with E-state index in [1.165, 1.54) is 7.11 Å². The quantitative estimate of drug-likeness (QED) is 0.592. The van der Waals surface area contributed by atoms with E-state index in [-0.39, 0.29) is 11.9 Å². The second-order valence-corrected chi connectivity index (χ2v) is 2.28. The lowest BCUT2D eigenvalue weighted by atomic mass is 10.0. The van der Waals surface area contributed by atoms with E-state index < -0.39 is 6.10 Å². The predicted molar refractivity (Wildman–Crippen MR) is 37.5 cm³/mol. The zero-order chi connectivity index (χ0) is 8.15. The SMILES string of the molecule is CC[C@@H](C(=O)OC)[C@H](C)O. The first kappa shape index (κ1) is 9.43. The van der Waals surface area contributed by atoms with Gasteiger partial charge in [0, 0.05) is 0 Å². The zero-order valence-corrected chi connectivity index (χ0v) is 6.63. The predicted octanol–water partition coefficient (Wildman–Crippen LogP) is 0.566. The van der Waals surface area contributed by atoms with Crippen molar-refractivity contribution in [1.82, 2.24) is 0 Å². The second-order valence-electron chi connectivity index (χ2n) is 2.28. The molecule has 10 heavy (non-hydrogen) atoms. The molecule has 0 aliphatic rings. The minimum atomic E-state index is -0.613. The van der Waals surface area contributed by atoms with Crippen LogP contribution >= 0.6 is 0 Å². The molecule has 60 valence electrons. The first-order valence-corrected chi connectivity index (χ1v) is 3.39. The molecule has 0 rings (SSSR count). The highest BCUT2D eigenvalue weighted by atomic mass is 16.5. The number of hydrogen-bond acceptors (Lipinski definition) is 3. The maximum absolute atomic E-state index is 10.8. The molecular formula is C7H14O3. The molecule has 0 aliphatic heterocycles. The normalized spacial score (nSPS) is 16.0. The Morgan fingerprint density at radius 3 is 2.30 bits per heavy atom.